The molecule has 1 saturated heterocycles. The number of ether oxygens (including phenoxy) is 1. The first-order chi connectivity index (χ1) is 18.6. The first-order valence-electron chi connectivity index (χ1n) is 13.6. The normalized spacial score (nSPS) is 17.3. The molecule has 2 aliphatic rings. The highest BCUT2D eigenvalue weighted by atomic mass is 32.2. The van der Waals surface area contributed by atoms with Gasteiger partial charge in [-0.3, -0.25) is 0 Å². The van der Waals surface area contributed by atoms with Crippen molar-refractivity contribution in [1.82, 2.24) is 19.3 Å². The zero-order valence-electron chi connectivity index (χ0n) is 22.8. The molecule has 4 heterocycles. The lowest BCUT2D eigenvalue weighted by molar-refractivity contribution is 0.0769. The molecule has 0 spiro atoms. The number of hydrogen-bond acceptors (Lipinski definition) is 9. The molecule has 0 amide bonds. The van der Waals surface area contributed by atoms with E-state index in [0.717, 1.165) is 53.2 Å². The number of benzene rings is 1. The molecule has 39 heavy (non-hydrogen) atoms. The van der Waals surface area contributed by atoms with E-state index in [9.17, 15) is 13.5 Å². The molecule has 11 heteroatoms. The van der Waals surface area contributed by atoms with Crippen LogP contribution in [0.3, 0.4) is 0 Å². The molecule has 0 aliphatic carbocycles. The van der Waals surface area contributed by atoms with Crippen LogP contribution < -0.4 is 9.64 Å². The van der Waals surface area contributed by atoms with Gasteiger partial charge in [0.05, 0.1) is 28.2 Å². The summed E-state index contributed by atoms with van der Waals surface area (Å²) in [5.41, 5.74) is 3.31. The van der Waals surface area contributed by atoms with Crippen molar-refractivity contribution >= 4 is 43.1 Å². The van der Waals surface area contributed by atoms with Crippen molar-refractivity contribution in [1.29, 1.82) is 0 Å². The van der Waals surface area contributed by atoms with Crippen molar-refractivity contribution < 1.29 is 18.3 Å². The van der Waals surface area contributed by atoms with Crippen LogP contribution >= 0.6 is 11.3 Å². The van der Waals surface area contributed by atoms with Gasteiger partial charge >= 0.3 is 0 Å². The van der Waals surface area contributed by atoms with E-state index in [-0.39, 0.29) is 12.2 Å². The number of nitrogens with zero attached hydrogens (tertiary/aromatic N) is 5. The van der Waals surface area contributed by atoms with Gasteiger partial charge in [0.1, 0.15) is 0 Å². The number of sulfonamides is 1. The summed E-state index contributed by atoms with van der Waals surface area (Å²) in [5.74, 6) is 1.15. The second-order valence-corrected chi connectivity index (χ2v) is 14.2. The molecule has 210 valence electrons. The van der Waals surface area contributed by atoms with Crippen molar-refractivity contribution in [3.8, 4) is 5.19 Å². The fourth-order valence-corrected chi connectivity index (χ4v) is 7.34. The third-order valence-corrected chi connectivity index (χ3v) is 9.96. The number of hydrogen-bond donors (Lipinski definition) is 1. The molecule has 0 bridgehead atoms. The number of aromatic nitrogens is 3. The van der Waals surface area contributed by atoms with Crippen LogP contribution in [0.1, 0.15) is 51.2 Å². The fraction of sp³-hybridized carbons (Fsp3) is 0.536. The van der Waals surface area contributed by atoms with Crippen LogP contribution in [0.5, 0.6) is 5.19 Å². The van der Waals surface area contributed by atoms with Crippen molar-refractivity contribution in [3.05, 3.63) is 47.8 Å². The summed E-state index contributed by atoms with van der Waals surface area (Å²) in [6.07, 6.45) is 8.81. The van der Waals surface area contributed by atoms with Crippen LogP contribution in [0.4, 0.5) is 5.95 Å². The van der Waals surface area contributed by atoms with Gasteiger partial charge in [0.15, 0.2) is 0 Å². The monoisotopic (exact) mass is 571 g/mol. The van der Waals surface area contributed by atoms with Crippen LogP contribution in [-0.2, 0) is 16.4 Å². The Morgan fingerprint density at radius 2 is 1.97 bits per heavy atom. The molecular weight excluding hydrogens is 534 g/mol. The number of fused-ring (bicyclic) bond motifs is 1. The number of thiazole rings is 1. The third kappa shape index (κ3) is 6.95. The van der Waals surface area contributed by atoms with Crippen LogP contribution in [-0.4, -0.2) is 76.9 Å². The minimum absolute atomic E-state index is 0.0475. The summed E-state index contributed by atoms with van der Waals surface area (Å²) >= 11 is 1.54. The Labute approximate surface area is 234 Å². The van der Waals surface area contributed by atoms with Gasteiger partial charge in [-0.15, -0.1) is 0 Å². The molecule has 2 aliphatic heterocycles. The molecule has 0 unspecified atom stereocenters. The molecule has 9 nitrogen and oxygen atoms in total. The highest BCUT2D eigenvalue weighted by Crippen LogP contribution is 2.33. The highest BCUT2D eigenvalue weighted by Gasteiger charge is 2.30. The molecule has 5 rings (SSSR count). The van der Waals surface area contributed by atoms with E-state index in [1.165, 1.54) is 9.87 Å². The maximum absolute atomic E-state index is 12.7. The second kappa shape index (κ2) is 11.5. The lowest BCUT2D eigenvalue weighted by Crippen LogP contribution is -2.50. The largest absolute Gasteiger partial charge is 0.470 e. The highest BCUT2D eigenvalue weighted by molar-refractivity contribution is 7.89. The average Bonchev–Trinajstić information content (AvgIpc) is 3.30. The topological polar surface area (TPSA) is 109 Å². The van der Waals surface area contributed by atoms with Crippen molar-refractivity contribution in [3.63, 3.8) is 0 Å². The van der Waals surface area contributed by atoms with Gasteiger partial charge in [0, 0.05) is 44.5 Å². The van der Waals surface area contributed by atoms with Gasteiger partial charge in [-0.25, -0.2) is 23.4 Å². The molecule has 2 aromatic heterocycles. The molecule has 1 N–H and O–H groups in total. The van der Waals surface area contributed by atoms with Crippen LogP contribution in [0.2, 0.25) is 0 Å². The van der Waals surface area contributed by atoms with E-state index in [1.807, 2.05) is 30.6 Å². The van der Waals surface area contributed by atoms with Crippen molar-refractivity contribution in [2.75, 3.05) is 43.4 Å². The first-order valence-corrected chi connectivity index (χ1v) is 16.0. The zero-order chi connectivity index (χ0) is 27.6. The van der Waals surface area contributed by atoms with E-state index >= 15 is 0 Å². The Balaban J connectivity index is 1.14. The van der Waals surface area contributed by atoms with Crippen molar-refractivity contribution in [2.24, 2.45) is 5.92 Å². The average molecular weight is 572 g/mol. The number of rotatable bonds is 11. The van der Waals surface area contributed by atoms with Gasteiger partial charge in [-0.05, 0) is 61.9 Å². The lowest BCUT2D eigenvalue weighted by Gasteiger charge is -2.38. The molecule has 3 aromatic rings. The number of anilines is 1. The van der Waals surface area contributed by atoms with E-state index in [2.05, 4.69) is 32.8 Å². The third-order valence-electron chi connectivity index (χ3n) is 7.19. The van der Waals surface area contributed by atoms with Gasteiger partial charge in [-0.1, -0.05) is 36.8 Å². The predicted octanol–water partition coefficient (Wildman–Crippen LogP) is 4.13. The molecule has 1 aromatic carbocycles. The van der Waals surface area contributed by atoms with Gasteiger partial charge in [0.25, 0.3) is 5.19 Å². The van der Waals surface area contributed by atoms with E-state index in [0.29, 0.717) is 37.2 Å². The Kier molecular flexibility index (Phi) is 8.23. The van der Waals surface area contributed by atoms with Crippen molar-refractivity contribution in [2.45, 2.75) is 52.1 Å². The maximum atomic E-state index is 12.7. The van der Waals surface area contributed by atoms with Crippen LogP contribution in [0.15, 0.2) is 36.7 Å². The molecule has 1 fully saturated rings. The number of aryl methyl sites for hydroxylation is 1. The fourth-order valence-electron chi connectivity index (χ4n) is 4.79. The van der Waals surface area contributed by atoms with E-state index < -0.39 is 15.6 Å². The van der Waals surface area contributed by atoms with Crippen LogP contribution in [0.25, 0.3) is 15.8 Å². The predicted molar refractivity (Wildman–Crippen MR) is 156 cm³/mol. The quantitative estimate of drug-likeness (QED) is 0.366. The summed E-state index contributed by atoms with van der Waals surface area (Å²) in [6, 6.07) is 6.17. The minimum Gasteiger partial charge on any atom is -0.470 e. The molecular formula is C28H37N5O4S2. The maximum Gasteiger partial charge on any atom is 0.274 e. The smallest absolute Gasteiger partial charge is 0.274 e. The Morgan fingerprint density at radius 3 is 2.64 bits per heavy atom. The molecule has 0 atom stereocenters. The Hall–Kier alpha value is -2.60. The standard InChI is InChI=1S/C28H37N5O4S2/c1-4-5-20-15-29-26(30-16-20)32-17-21(18-32)19-37-27-31-24-7-6-23(14-25(24)38-27)22-8-11-33(12-9-22)39(35,36)13-10-28(2,3)34/h6-8,14-16,21,34H,4-5,9-13,17-19H2,1-3H3. The second-order valence-electron chi connectivity index (χ2n) is 11.1. The zero-order valence-corrected chi connectivity index (χ0v) is 24.5. The van der Waals surface area contributed by atoms with Gasteiger partial charge < -0.3 is 14.7 Å². The van der Waals surface area contributed by atoms with Gasteiger partial charge in [-0.2, -0.15) is 4.31 Å². The SMILES string of the molecule is CCCc1cnc(N2CC(COc3nc4ccc(C5=CCN(S(=O)(=O)CCC(C)(C)O)CC5)cc4s3)C2)nc1. The Bertz CT molecular complexity index is 1420. The van der Waals surface area contributed by atoms with Gasteiger partial charge in [0.2, 0.25) is 16.0 Å². The summed E-state index contributed by atoms with van der Waals surface area (Å²) in [5, 5.41) is 10.6. The number of aliphatic hydroxyl groups is 1. The summed E-state index contributed by atoms with van der Waals surface area (Å²) in [6.45, 7) is 8.58. The molecule has 0 radical (unpaired) electrons. The minimum atomic E-state index is -3.39. The van der Waals surface area contributed by atoms with E-state index in [1.54, 1.807) is 25.2 Å². The summed E-state index contributed by atoms with van der Waals surface area (Å²) < 4.78 is 33.9. The Morgan fingerprint density at radius 1 is 1.21 bits per heavy atom. The molecule has 0 saturated carbocycles. The summed E-state index contributed by atoms with van der Waals surface area (Å²) in [4.78, 5) is 15.8. The van der Waals surface area contributed by atoms with Crippen LogP contribution in [0, 0.1) is 5.92 Å². The summed E-state index contributed by atoms with van der Waals surface area (Å²) in [7, 11) is -3.39. The lowest BCUT2D eigenvalue weighted by atomic mass is 10.0. The van der Waals surface area contributed by atoms with E-state index in [4.69, 9.17) is 4.74 Å². The first kappa shape index (κ1) is 27.9.